The zero-order valence-electron chi connectivity index (χ0n) is 16.0. The average molecular weight is 394 g/mol. The van der Waals surface area contributed by atoms with Crippen LogP contribution in [-0.4, -0.2) is 14.3 Å². The lowest BCUT2D eigenvalue weighted by Crippen LogP contribution is -2.15. The molecule has 5 nitrogen and oxygen atoms in total. The molecule has 6 heteroatoms. The van der Waals surface area contributed by atoms with Crippen LogP contribution >= 0.6 is 0 Å². The van der Waals surface area contributed by atoms with E-state index >= 15 is 0 Å². The van der Waals surface area contributed by atoms with Gasteiger partial charge in [-0.25, -0.2) is 8.42 Å². The molecule has 3 aromatic rings. The Labute approximate surface area is 165 Å². The highest BCUT2D eigenvalue weighted by molar-refractivity contribution is 7.92. The summed E-state index contributed by atoms with van der Waals surface area (Å²) in [5, 5.41) is 2.76. The maximum Gasteiger partial charge on any atom is 0.261 e. The smallest absolute Gasteiger partial charge is 0.261 e. The monoisotopic (exact) mass is 394 g/mol. The molecule has 0 saturated carbocycles. The first kappa shape index (κ1) is 19.6. The van der Waals surface area contributed by atoms with Gasteiger partial charge in [-0.15, -0.1) is 0 Å². The van der Waals surface area contributed by atoms with E-state index in [2.05, 4.69) is 10.0 Å². The summed E-state index contributed by atoms with van der Waals surface area (Å²) in [6.07, 6.45) is 0. The van der Waals surface area contributed by atoms with E-state index in [1.807, 2.05) is 39.0 Å². The maximum absolute atomic E-state index is 12.7. The number of aryl methyl sites for hydroxylation is 3. The van der Waals surface area contributed by atoms with Gasteiger partial charge in [0.25, 0.3) is 15.9 Å². The molecule has 0 aliphatic carbocycles. The van der Waals surface area contributed by atoms with Crippen molar-refractivity contribution in [3.05, 3.63) is 89.0 Å². The highest BCUT2D eigenvalue weighted by Gasteiger charge is 2.17. The molecule has 0 bridgehead atoms. The van der Waals surface area contributed by atoms with Crippen molar-refractivity contribution >= 4 is 27.3 Å². The molecule has 0 aliphatic rings. The van der Waals surface area contributed by atoms with Gasteiger partial charge in [0.1, 0.15) is 0 Å². The van der Waals surface area contributed by atoms with E-state index in [1.165, 1.54) is 12.1 Å². The molecule has 3 rings (SSSR count). The van der Waals surface area contributed by atoms with Crippen molar-refractivity contribution in [2.75, 3.05) is 10.0 Å². The molecule has 28 heavy (non-hydrogen) atoms. The van der Waals surface area contributed by atoms with Crippen molar-refractivity contribution in [1.29, 1.82) is 0 Å². The van der Waals surface area contributed by atoms with Crippen LogP contribution in [-0.2, 0) is 10.0 Å². The molecule has 0 aliphatic heterocycles. The van der Waals surface area contributed by atoms with Gasteiger partial charge in [-0.1, -0.05) is 35.9 Å². The Morgan fingerprint density at radius 3 is 1.96 bits per heavy atom. The molecule has 0 unspecified atom stereocenters. The molecule has 0 radical (unpaired) electrons. The van der Waals surface area contributed by atoms with Crippen molar-refractivity contribution in [2.45, 2.75) is 25.7 Å². The summed E-state index contributed by atoms with van der Waals surface area (Å²) >= 11 is 0. The summed E-state index contributed by atoms with van der Waals surface area (Å²) in [4.78, 5) is 12.3. The van der Waals surface area contributed by atoms with Gasteiger partial charge in [0.2, 0.25) is 0 Å². The van der Waals surface area contributed by atoms with Crippen molar-refractivity contribution in [3.63, 3.8) is 0 Å². The summed E-state index contributed by atoms with van der Waals surface area (Å²) in [7, 11) is -3.73. The van der Waals surface area contributed by atoms with E-state index in [0.29, 0.717) is 16.9 Å². The molecular weight excluding hydrogens is 372 g/mol. The molecule has 1 amide bonds. The van der Waals surface area contributed by atoms with E-state index in [1.54, 1.807) is 36.4 Å². The average Bonchev–Trinajstić information content (AvgIpc) is 2.66. The molecule has 0 atom stereocenters. The maximum atomic E-state index is 12.7. The number of anilines is 2. The SMILES string of the molecule is Cc1cc(C)c(NS(=O)(=O)c2ccc(NC(=O)c3ccccc3)cc2)c(C)c1. The minimum atomic E-state index is -3.73. The molecule has 2 N–H and O–H groups in total. The first-order chi connectivity index (χ1) is 13.3. The van der Waals surface area contributed by atoms with Crippen LogP contribution in [0.25, 0.3) is 0 Å². The zero-order chi connectivity index (χ0) is 20.3. The van der Waals surface area contributed by atoms with Crippen LogP contribution in [0.15, 0.2) is 71.6 Å². The lowest BCUT2D eigenvalue weighted by Gasteiger charge is -2.14. The Bertz CT molecular complexity index is 1080. The van der Waals surface area contributed by atoms with Crippen molar-refractivity contribution in [1.82, 2.24) is 0 Å². The van der Waals surface area contributed by atoms with Gasteiger partial charge < -0.3 is 5.32 Å². The van der Waals surface area contributed by atoms with Crippen LogP contribution in [0.1, 0.15) is 27.0 Å². The number of nitrogens with one attached hydrogen (secondary N) is 2. The Kier molecular flexibility index (Phi) is 5.51. The van der Waals surface area contributed by atoms with Gasteiger partial charge in [-0.05, 0) is 68.3 Å². The van der Waals surface area contributed by atoms with Crippen LogP contribution < -0.4 is 10.0 Å². The molecule has 0 fully saturated rings. The first-order valence-electron chi connectivity index (χ1n) is 8.83. The minimum Gasteiger partial charge on any atom is -0.322 e. The standard InChI is InChI=1S/C22H22N2O3S/c1-15-13-16(2)21(17(3)14-15)24-28(26,27)20-11-9-19(10-12-20)23-22(25)18-7-5-4-6-8-18/h4-14,24H,1-3H3,(H,23,25). The predicted molar refractivity (Wildman–Crippen MR) is 112 cm³/mol. The summed E-state index contributed by atoms with van der Waals surface area (Å²) in [5.74, 6) is -0.250. The number of carbonyl (C=O) groups excluding carboxylic acids is 1. The molecule has 0 aromatic heterocycles. The summed E-state index contributed by atoms with van der Waals surface area (Å²) < 4.78 is 28.2. The lowest BCUT2D eigenvalue weighted by atomic mass is 10.1. The number of sulfonamides is 1. The van der Waals surface area contributed by atoms with E-state index in [0.717, 1.165) is 16.7 Å². The normalized spacial score (nSPS) is 11.1. The van der Waals surface area contributed by atoms with E-state index in [9.17, 15) is 13.2 Å². The Balaban J connectivity index is 1.78. The Morgan fingerprint density at radius 2 is 1.39 bits per heavy atom. The topological polar surface area (TPSA) is 75.3 Å². The van der Waals surface area contributed by atoms with Crippen LogP contribution in [0.4, 0.5) is 11.4 Å². The summed E-state index contributed by atoms with van der Waals surface area (Å²) in [6.45, 7) is 5.72. The van der Waals surface area contributed by atoms with Crippen LogP contribution in [0, 0.1) is 20.8 Å². The van der Waals surface area contributed by atoms with Crippen molar-refractivity contribution < 1.29 is 13.2 Å². The minimum absolute atomic E-state index is 0.129. The third kappa shape index (κ3) is 4.40. The van der Waals surface area contributed by atoms with Gasteiger partial charge in [0, 0.05) is 11.3 Å². The second kappa shape index (κ2) is 7.86. The van der Waals surface area contributed by atoms with Crippen molar-refractivity contribution in [2.24, 2.45) is 0 Å². The number of hydrogen-bond acceptors (Lipinski definition) is 3. The van der Waals surface area contributed by atoms with E-state index in [-0.39, 0.29) is 10.8 Å². The molecule has 0 heterocycles. The fourth-order valence-corrected chi connectivity index (χ4v) is 4.25. The molecule has 0 spiro atoms. The third-order valence-corrected chi connectivity index (χ3v) is 5.74. The molecule has 3 aromatic carbocycles. The number of amides is 1. The highest BCUT2D eigenvalue weighted by atomic mass is 32.2. The van der Waals surface area contributed by atoms with E-state index < -0.39 is 10.0 Å². The van der Waals surface area contributed by atoms with Gasteiger partial charge in [-0.3, -0.25) is 9.52 Å². The lowest BCUT2D eigenvalue weighted by molar-refractivity contribution is 0.102. The first-order valence-corrected chi connectivity index (χ1v) is 10.3. The van der Waals surface area contributed by atoms with Gasteiger partial charge >= 0.3 is 0 Å². The van der Waals surface area contributed by atoms with Gasteiger partial charge in [0.15, 0.2) is 0 Å². The zero-order valence-corrected chi connectivity index (χ0v) is 16.8. The molecular formula is C22H22N2O3S. The molecule has 0 saturated heterocycles. The Morgan fingerprint density at radius 1 is 0.821 bits per heavy atom. The fraction of sp³-hybridized carbons (Fsp3) is 0.136. The predicted octanol–water partition coefficient (Wildman–Crippen LogP) is 4.66. The second-order valence-corrected chi connectivity index (χ2v) is 8.41. The van der Waals surface area contributed by atoms with Gasteiger partial charge in [0.05, 0.1) is 10.6 Å². The number of hydrogen-bond donors (Lipinski definition) is 2. The molecule has 144 valence electrons. The summed E-state index contributed by atoms with van der Waals surface area (Å²) in [5.41, 5.74) is 4.46. The van der Waals surface area contributed by atoms with Crippen LogP contribution in [0.3, 0.4) is 0 Å². The number of carbonyl (C=O) groups is 1. The fourth-order valence-electron chi connectivity index (χ4n) is 3.04. The van der Waals surface area contributed by atoms with Crippen LogP contribution in [0.5, 0.6) is 0 Å². The second-order valence-electron chi connectivity index (χ2n) is 6.72. The summed E-state index contributed by atoms with van der Waals surface area (Å²) in [6, 6.07) is 18.8. The third-order valence-electron chi connectivity index (χ3n) is 4.37. The quantitative estimate of drug-likeness (QED) is 0.661. The van der Waals surface area contributed by atoms with Gasteiger partial charge in [-0.2, -0.15) is 0 Å². The number of benzene rings is 3. The van der Waals surface area contributed by atoms with Crippen LogP contribution in [0.2, 0.25) is 0 Å². The highest BCUT2D eigenvalue weighted by Crippen LogP contribution is 2.25. The number of rotatable bonds is 5. The largest absolute Gasteiger partial charge is 0.322 e. The Hall–Kier alpha value is -3.12. The van der Waals surface area contributed by atoms with E-state index in [4.69, 9.17) is 0 Å². The van der Waals surface area contributed by atoms with Crippen molar-refractivity contribution in [3.8, 4) is 0 Å².